The van der Waals surface area contributed by atoms with Gasteiger partial charge in [-0.15, -0.1) is 0 Å². The maximum absolute atomic E-state index is 6.69. The molecule has 6 aliphatic rings. The van der Waals surface area contributed by atoms with E-state index < -0.39 is 0 Å². The summed E-state index contributed by atoms with van der Waals surface area (Å²) in [5.74, 6) is 4.14. The van der Waals surface area contributed by atoms with E-state index in [4.69, 9.17) is 4.42 Å². The minimum absolute atomic E-state index is 0.254. The molecule has 4 aromatic rings. The van der Waals surface area contributed by atoms with Crippen LogP contribution < -0.4 is 4.90 Å². The van der Waals surface area contributed by atoms with Crippen LogP contribution in [0.25, 0.3) is 17.7 Å². The molecule has 0 fully saturated rings. The molecule has 0 aliphatic heterocycles. The van der Waals surface area contributed by atoms with Crippen LogP contribution in [0.5, 0.6) is 0 Å². The van der Waals surface area contributed by atoms with Crippen molar-refractivity contribution >= 4 is 23.4 Å². The van der Waals surface area contributed by atoms with Gasteiger partial charge < -0.3 is 9.32 Å². The highest BCUT2D eigenvalue weighted by Crippen LogP contribution is 2.66. The van der Waals surface area contributed by atoms with Gasteiger partial charge in [-0.25, -0.2) is 0 Å². The molecule has 0 saturated carbocycles. The summed E-state index contributed by atoms with van der Waals surface area (Å²) in [5, 5.41) is 0. The van der Waals surface area contributed by atoms with Gasteiger partial charge in [0.1, 0.15) is 11.5 Å². The second-order valence-electron chi connectivity index (χ2n) is 17.2. The standard InChI is InChI=1S/C52H51NO/c1-33-17-12-15-26-45(33)52(37-19-8-6-9-20-37)46-27-28-51(5,32-44(46)48-41-24-14-13-23-40(41)35(3)30-47(48)52)53(38-21-10-7-11-22-38)39-29-36(4)50-43(31-39)42-25-16-18-34(2)49(42)54-50/h6-17,19-27,31-36,45H,18,28-30H2,1-5H3. The molecule has 3 aromatic carbocycles. The van der Waals surface area contributed by atoms with Crippen LogP contribution in [0.1, 0.15) is 117 Å². The SMILES string of the molecule is CC1CC2=C(C3=CC(C)(N(C4=Cc5c(oc6c5C=CCC6C)C(C)C4)c4ccccc4)CC=C3C2(c2ccccc2)C2C=CC=CC2C)c2ccccc21. The fraction of sp³-hybridized carbons (Fsp3) is 0.308. The van der Waals surface area contributed by atoms with Crippen molar-refractivity contribution in [3.05, 3.63) is 189 Å². The molecule has 1 heterocycles. The number of furan rings is 1. The van der Waals surface area contributed by atoms with E-state index >= 15 is 0 Å². The number of anilines is 1. The fourth-order valence-electron chi connectivity index (χ4n) is 11.3. The summed E-state index contributed by atoms with van der Waals surface area (Å²) >= 11 is 0. The van der Waals surface area contributed by atoms with Gasteiger partial charge in [0.15, 0.2) is 0 Å². The van der Waals surface area contributed by atoms with Crippen LogP contribution in [0.2, 0.25) is 0 Å². The first-order valence-corrected chi connectivity index (χ1v) is 20.4. The second-order valence-corrected chi connectivity index (χ2v) is 17.2. The predicted octanol–water partition coefficient (Wildman–Crippen LogP) is 13.5. The maximum atomic E-state index is 6.69. The van der Waals surface area contributed by atoms with Gasteiger partial charge in [-0.05, 0) is 102 Å². The Bertz CT molecular complexity index is 2380. The molecule has 2 nitrogen and oxygen atoms in total. The van der Waals surface area contributed by atoms with Crippen molar-refractivity contribution in [3.63, 3.8) is 0 Å². The number of benzene rings is 3. The molecule has 1 aromatic heterocycles. The lowest BCUT2D eigenvalue weighted by Gasteiger charge is -2.48. The maximum Gasteiger partial charge on any atom is 0.115 e. The molecular formula is C52H51NO. The lowest BCUT2D eigenvalue weighted by atomic mass is 9.56. The third-order valence-electron chi connectivity index (χ3n) is 13.7. The summed E-state index contributed by atoms with van der Waals surface area (Å²) in [6, 6.07) is 32.0. The van der Waals surface area contributed by atoms with E-state index in [-0.39, 0.29) is 16.9 Å². The number of para-hydroxylation sites is 1. The molecule has 10 rings (SSSR count). The molecule has 54 heavy (non-hydrogen) atoms. The van der Waals surface area contributed by atoms with Crippen LogP contribution >= 0.6 is 0 Å². The topological polar surface area (TPSA) is 16.4 Å². The third-order valence-corrected chi connectivity index (χ3v) is 13.7. The summed E-state index contributed by atoms with van der Waals surface area (Å²) in [5.41, 5.74) is 14.9. The van der Waals surface area contributed by atoms with E-state index in [0.29, 0.717) is 23.7 Å². The fourth-order valence-corrected chi connectivity index (χ4v) is 11.3. The zero-order chi connectivity index (χ0) is 36.8. The van der Waals surface area contributed by atoms with Gasteiger partial charge in [0.2, 0.25) is 0 Å². The molecule has 0 N–H and O–H groups in total. The molecule has 7 unspecified atom stereocenters. The van der Waals surface area contributed by atoms with Crippen LogP contribution in [0, 0.1) is 11.8 Å². The Kier molecular flexibility index (Phi) is 7.74. The van der Waals surface area contributed by atoms with Gasteiger partial charge in [0.25, 0.3) is 0 Å². The Hall–Kier alpha value is -5.08. The predicted molar refractivity (Wildman–Crippen MR) is 225 cm³/mol. The highest BCUT2D eigenvalue weighted by molar-refractivity contribution is 5.97. The molecule has 6 aliphatic carbocycles. The van der Waals surface area contributed by atoms with Crippen molar-refractivity contribution in [2.24, 2.45) is 11.8 Å². The highest BCUT2D eigenvalue weighted by Gasteiger charge is 2.57. The molecule has 0 saturated heterocycles. The second kappa shape index (κ2) is 12.5. The first kappa shape index (κ1) is 33.5. The van der Waals surface area contributed by atoms with Crippen LogP contribution in [-0.2, 0) is 5.41 Å². The zero-order valence-electron chi connectivity index (χ0n) is 32.3. The van der Waals surface area contributed by atoms with Crippen molar-refractivity contribution in [1.82, 2.24) is 0 Å². The van der Waals surface area contributed by atoms with Crippen molar-refractivity contribution < 1.29 is 4.42 Å². The molecule has 7 atom stereocenters. The Morgan fingerprint density at radius 3 is 2.26 bits per heavy atom. The van der Waals surface area contributed by atoms with Gasteiger partial charge in [0, 0.05) is 45.7 Å². The molecular weight excluding hydrogens is 655 g/mol. The average molecular weight is 706 g/mol. The molecule has 270 valence electrons. The number of nitrogens with zero attached hydrogens (tertiary/aromatic N) is 1. The van der Waals surface area contributed by atoms with Gasteiger partial charge in [0.05, 0.1) is 5.54 Å². The van der Waals surface area contributed by atoms with Crippen LogP contribution in [0.15, 0.2) is 154 Å². The van der Waals surface area contributed by atoms with E-state index in [1.165, 1.54) is 55.9 Å². The number of rotatable bonds is 5. The first-order valence-electron chi connectivity index (χ1n) is 20.4. The van der Waals surface area contributed by atoms with E-state index in [0.717, 1.165) is 37.2 Å². The monoisotopic (exact) mass is 705 g/mol. The van der Waals surface area contributed by atoms with Crippen molar-refractivity contribution in [3.8, 4) is 0 Å². The Labute approximate surface area is 321 Å². The first-order chi connectivity index (χ1) is 26.3. The van der Waals surface area contributed by atoms with Crippen molar-refractivity contribution in [2.45, 2.75) is 89.0 Å². The molecule has 2 heteroatoms. The molecule has 0 amide bonds. The van der Waals surface area contributed by atoms with Crippen LogP contribution in [0.3, 0.4) is 0 Å². The van der Waals surface area contributed by atoms with Gasteiger partial charge in [-0.1, -0.05) is 149 Å². The van der Waals surface area contributed by atoms with Crippen LogP contribution in [0.4, 0.5) is 5.69 Å². The summed E-state index contributed by atoms with van der Waals surface area (Å²) in [6.45, 7) is 12.0. The minimum Gasteiger partial charge on any atom is -0.464 e. The average Bonchev–Trinajstić information content (AvgIpc) is 3.71. The lowest BCUT2D eigenvalue weighted by molar-refractivity contribution is 0.352. The third kappa shape index (κ3) is 4.78. The normalized spacial score (nSPS) is 30.4. The zero-order valence-corrected chi connectivity index (χ0v) is 32.3. The summed E-state index contributed by atoms with van der Waals surface area (Å²) in [6.07, 6.45) is 25.9. The molecule has 0 radical (unpaired) electrons. The smallest absolute Gasteiger partial charge is 0.115 e. The Balaban J connectivity index is 1.21. The quantitative estimate of drug-likeness (QED) is 0.206. The number of allylic oxidation sites excluding steroid dienone is 10. The largest absolute Gasteiger partial charge is 0.464 e. The van der Waals surface area contributed by atoms with Gasteiger partial charge >= 0.3 is 0 Å². The van der Waals surface area contributed by atoms with E-state index in [2.05, 4.69) is 179 Å². The lowest BCUT2D eigenvalue weighted by Crippen LogP contribution is -2.47. The molecule has 0 spiro atoms. The van der Waals surface area contributed by atoms with E-state index in [1.54, 1.807) is 5.57 Å². The van der Waals surface area contributed by atoms with E-state index in [9.17, 15) is 0 Å². The van der Waals surface area contributed by atoms with Gasteiger partial charge in [-0.3, -0.25) is 0 Å². The Morgan fingerprint density at radius 1 is 0.741 bits per heavy atom. The van der Waals surface area contributed by atoms with Crippen molar-refractivity contribution in [1.29, 1.82) is 0 Å². The summed E-state index contributed by atoms with van der Waals surface area (Å²) in [4.78, 5) is 2.69. The highest BCUT2D eigenvalue weighted by atomic mass is 16.3. The number of hydrogen-bond acceptors (Lipinski definition) is 2. The minimum atomic E-state index is -0.313. The Morgan fingerprint density at radius 2 is 1.46 bits per heavy atom. The van der Waals surface area contributed by atoms with Gasteiger partial charge in [-0.2, -0.15) is 0 Å². The van der Waals surface area contributed by atoms with Crippen LogP contribution in [-0.4, -0.2) is 5.54 Å². The van der Waals surface area contributed by atoms with E-state index in [1.807, 2.05) is 0 Å². The molecule has 0 bridgehead atoms. The summed E-state index contributed by atoms with van der Waals surface area (Å²) in [7, 11) is 0. The van der Waals surface area contributed by atoms with Crippen molar-refractivity contribution in [2.75, 3.05) is 4.90 Å². The number of fused-ring (bicyclic) bond motifs is 7. The summed E-state index contributed by atoms with van der Waals surface area (Å²) < 4.78 is 6.69. The number of hydrogen-bond donors (Lipinski definition) is 0.